The topological polar surface area (TPSA) is 73.3 Å². The minimum absolute atomic E-state index is 0.0294. The van der Waals surface area contributed by atoms with Gasteiger partial charge >= 0.3 is 6.09 Å². The molecule has 3 aromatic rings. The van der Waals surface area contributed by atoms with Crippen molar-refractivity contribution in [3.05, 3.63) is 84.2 Å². The van der Waals surface area contributed by atoms with Crippen molar-refractivity contribution in [3.8, 4) is 5.75 Å². The summed E-state index contributed by atoms with van der Waals surface area (Å²) in [6.45, 7) is 0. The molecule has 0 aliphatic carbocycles. The average Bonchev–Trinajstić information content (AvgIpc) is 3.19. The predicted octanol–water partition coefficient (Wildman–Crippen LogP) is 5.92. The van der Waals surface area contributed by atoms with Crippen LogP contribution < -0.4 is 14.5 Å². The van der Waals surface area contributed by atoms with Gasteiger partial charge in [0.1, 0.15) is 11.6 Å². The van der Waals surface area contributed by atoms with E-state index in [1.807, 2.05) is 42.5 Å². The second-order valence-corrected chi connectivity index (χ2v) is 9.67. The van der Waals surface area contributed by atoms with Crippen molar-refractivity contribution >= 4 is 29.1 Å². The van der Waals surface area contributed by atoms with Crippen molar-refractivity contribution in [2.45, 2.75) is 43.8 Å². The minimum atomic E-state index is -0.855. The lowest BCUT2D eigenvalue weighted by atomic mass is 9.94. The van der Waals surface area contributed by atoms with Crippen LogP contribution in [0.15, 0.2) is 72.8 Å². The Bertz CT molecular complexity index is 1300. The number of halogens is 1. The van der Waals surface area contributed by atoms with E-state index >= 15 is 0 Å². The maximum Gasteiger partial charge on any atom is 0.407 e. The van der Waals surface area contributed by atoms with Gasteiger partial charge in [0.25, 0.3) is 5.91 Å². The molecule has 0 spiro atoms. The first kappa shape index (κ1) is 24.6. The third kappa shape index (κ3) is 4.83. The maximum absolute atomic E-state index is 13.8. The first-order valence-electron chi connectivity index (χ1n) is 12.4. The van der Waals surface area contributed by atoms with Crippen LogP contribution in [0.1, 0.15) is 36.0 Å². The van der Waals surface area contributed by atoms with Gasteiger partial charge in [0, 0.05) is 53.9 Å². The normalized spacial score (nSPS) is 20.4. The number of anilines is 3. The summed E-state index contributed by atoms with van der Waals surface area (Å²) < 4.78 is 19.2. The number of benzene rings is 3. The Morgan fingerprint density at radius 2 is 1.54 bits per heavy atom. The quantitative estimate of drug-likeness (QED) is 0.452. The summed E-state index contributed by atoms with van der Waals surface area (Å²) in [7, 11) is 3.25. The van der Waals surface area contributed by atoms with Crippen molar-refractivity contribution < 1.29 is 23.8 Å². The molecule has 5 rings (SSSR count). The summed E-state index contributed by atoms with van der Waals surface area (Å²) in [6.07, 6.45) is 2.25. The number of nitrogens with zero attached hydrogens (tertiary/aromatic N) is 3. The number of carbonyl (C=O) groups is 2. The highest BCUT2D eigenvalue weighted by atomic mass is 19.1. The zero-order valence-electron chi connectivity index (χ0n) is 20.9. The van der Waals surface area contributed by atoms with Gasteiger partial charge in [0.05, 0.1) is 7.11 Å². The monoisotopic (exact) mass is 503 g/mol. The number of carboxylic acid groups (broad SMARTS) is 1. The summed E-state index contributed by atoms with van der Waals surface area (Å²) >= 11 is 0. The van der Waals surface area contributed by atoms with Crippen LogP contribution in [0.4, 0.5) is 26.2 Å². The molecular formula is C29H30FN3O4. The van der Waals surface area contributed by atoms with Crippen LogP contribution >= 0.6 is 0 Å². The van der Waals surface area contributed by atoms with Gasteiger partial charge in [-0.15, -0.1) is 0 Å². The second kappa shape index (κ2) is 10.1. The van der Waals surface area contributed by atoms with Crippen LogP contribution in [0, 0.1) is 5.82 Å². The molecule has 37 heavy (non-hydrogen) atoms. The number of ether oxygens (including phenoxy) is 1. The molecule has 2 amide bonds. The molecule has 192 valence electrons. The molecule has 2 heterocycles. The van der Waals surface area contributed by atoms with Gasteiger partial charge < -0.3 is 24.5 Å². The molecule has 2 fully saturated rings. The Morgan fingerprint density at radius 1 is 0.919 bits per heavy atom. The Labute approximate surface area is 215 Å². The Morgan fingerprint density at radius 3 is 2.19 bits per heavy atom. The van der Waals surface area contributed by atoms with Crippen LogP contribution in [0.5, 0.6) is 5.75 Å². The lowest BCUT2D eigenvalue weighted by Crippen LogP contribution is -2.51. The molecule has 3 aromatic carbocycles. The SMILES string of the molecule is COc1cccc(N(c2cccc(C(=O)N(C)c3cccc(F)c3)c2)C2CC3CCC(C2)N3C(=O)O)c1. The summed E-state index contributed by atoms with van der Waals surface area (Å²) in [5, 5.41) is 9.74. The predicted molar refractivity (Wildman–Crippen MR) is 140 cm³/mol. The minimum Gasteiger partial charge on any atom is -0.497 e. The number of hydrogen-bond acceptors (Lipinski definition) is 4. The summed E-state index contributed by atoms with van der Waals surface area (Å²) in [5.74, 6) is 0.0581. The number of piperidine rings is 1. The smallest absolute Gasteiger partial charge is 0.407 e. The van der Waals surface area contributed by atoms with Gasteiger partial charge in [0.15, 0.2) is 0 Å². The molecule has 8 heteroatoms. The van der Waals surface area contributed by atoms with Gasteiger partial charge in [-0.25, -0.2) is 9.18 Å². The van der Waals surface area contributed by atoms with E-state index in [2.05, 4.69) is 4.90 Å². The van der Waals surface area contributed by atoms with Crippen molar-refractivity contribution in [3.63, 3.8) is 0 Å². The van der Waals surface area contributed by atoms with E-state index in [0.29, 0.717) is 29.8 Å². The molecule has 2 atom stereocenters. The highest BCUT2D eigenvalue weighted by molar-refractivity contribution is 6.06. The maximum atomic E-state index is 13.8. The van der Waals surface area contributed by atoms with Crippen molar-refractivity contribution in [2.75, 3.05) is 24.0 Å². The average molecular weight is 504 g/mol. The van der Waals surface area contributed by atoms with E-state index in [1.54, 1.807) is 37.3 Å². The number of fused-ring (bicyclic) bond motifs is 2. The summed E-state index contributed by atoms with van der Waals surface area (Å²) in [6, 6.07) is 21.1. The molecule has 2 unspecified atom stereocenters. The number of methoxy groups -OCH3 is 1. The Hall–Kier alpha value is -4.07. The third-order valence-electron chi connectivity index (χ3n) is 7.50. The summed E-state index contributed by atoms with van der Waals surface area (Å²) in [4.78, 5) is 30.5. The van der Waals surface area contributed by atoms with E-state index < -0.39 is 11.9 Å². The van der Waals surface area contributed by atoms with Gasteiger partial charge in [-0.05, 0) is 74.2 Å². The molecule has 0 saturated carbocycles. The lowest BCUT2D eigenvalue weighted by molar-refractivity contribution is 0.0967. The molecular weight excluding hydrogens is 473 g/mol. The first-order chi connectivity index (χ1) is 17.9. The van der Waals surface area contributed by atoms with E-state index in [4.69, 9.17) is 4.74 Å². The number of hydrogen-bond donors (Lipinski definition) is 1. The lowest BCUT2D eigenvalue weighted by Gasteiger charge is -2.43. The highest BCUT2D eigenvalue weighted by Gasteiger charge is 2.45. The second-order valence-electron chi connectivity index (χ2n) is 9.67. The van der Waals surface area contributed by atoms with E-state index in [9.17, 15) is 19.1 Å². The zero-order chi connectivity index (χ0) is 26.1. The zero-order valence-corrected chi connectivity index (χ0v) is 20.9. The standard InChI is InChI=1S/C29H30FN3O4/c1-31(21-8-4-7-20(30)15-21)28(34)19-6-3-9-22(14-19)32(23-10-5-11-27(18-23)37-2)26-16-24-12-13-25(17-26)33(24)29(35)36/h3-11,14-15,18,24-26H,12-13,16-17H2,1-2H3,(H,35,36). The highest BCUT2D eigenvalue weighted by Crippen LogP contribution is 2.42. The van der Waals surface area contributed by atoms with Crippen molar-refractivity contribution in [2.24, 2.45) is 0 Å². The van der Waals surface area contributed by atoms with Gasteiger partial charge in [0.2, 0.25) is 0 Å². The molecule has 7 nitrogen and oxygen atoms in total. The van der Waals surface area contributed by atoms with Crippen molar-refractivity contribution in [1.29, 1.82) is 0 Å². The fourth-order valence-electron chi connectivity index (χ4n) is 5.79. The van der Waals surface area contributed by atoms with E-state index in [1.165, 1.54) is 17.0 Å². The fraction of sp³-hybridized carbons (Fsp3) is 0.310. The van der Waals surface area contributed by atoms with Gasteiger partial charge in [-0.1, -0.05) is 18.2 Å². The van der Waals surface area contributed by atoms with E-state index in [-0.39, 0.29) is 24.0 Å². The molecule has 0 radical (unpaired) electrons. The van der Waals surface area contributed by atoms with Crippen LogP contribution in [-0.2, 0) is 0 Å². The molecule has 2 aliphatic rings. The van der Waals surface area contributed by atoms with Gasteiger partial charge in [-0.2, -0.15) is 0 Å². The molecule has 2 saturated heterocycles. The van der Waals surface area contributed by atoms with Crippen LogP contribution in [-0.4, -0.2) is 54.3 Å². The number of carbonyl (C=O) groups excluding carboxylic acids is 1. The molecule has 0 aromatic heterocycles. The van der Waals surface area contributed by atoms with Crippen LogP contribution in [0.3, 0.4) is 0 Å². The molecule has 1 N–H and O–H groups in total. The first-order valence-corrected chi connectivity index (χ1v) is 12.4. The summed E-state index contributed by atoms with van der Waals surface area (Å²) in [5.41, 5.74) is 2.69. The fourth-order valence-corrected chi connectivity index (χ4v) is 5.79. The molecule has 2 bridgehead atoms. The largest absolute Gasteiger partial charge is 0.497 e. The molecule has 2 aliphatic heterocycles. The number of rotatable bonds is 6. The van der Waals surface area contributed by atoms with Gasteiger partial charge in [-0.3, -0.25) is 4.79 Å². The number of amides is 2. The Kier molecular flexibility index (Phi) is 6.74. The van der Waals surface area contributed by atoms with Crippen molar-refractivity contribution in [1.82, 2.24) is 4.90 Å². The van der Waals surface area contributed by atoms with E-state index in [0.717, 1.165) is 24.2 Å². The Balaban J connectivity index is 1.50. The van der Waals surface area contributed by atoms with Crippen LogP contribution in [0.2, 0.25) is 0 Å². The third-order valence-corrected chi connectivity index (χ3v) is 7.50. The van der Waals surface area contributed by atoms with Crippen LogP contribution in [0.25, 0.3) is 0 Å².